The standard InChI is InChI=1S/C11H12FNO2S/c1-2-3-4-9-13-16(14,15)11-7-5-10(12)6-8-11/h1,5-8,13H,3-4,9H2. The average molecular weight is 241 g/mol. The number of nitrogens with one attached hydrogen (secondary N) is 1. The molecule has 5 heteroatoms. The van der Waals surface area contributed by atoms with Crippen LogP contribution < -0.4 is 4.72 Å². The molecule has 3 nitrogen and oxygen atoms in total. The number of hydrogen-bond donors (Lipinski definition) is 1. The lowest BCUT2D eigenvalue weighted by Gasteiger charge is -2.05. The maximum absolute atomic E-state index is 12.6. The summed E-state index contributed by atoms with van der Waals surface area (Å²) in [4.78, 5) is 0.0506. The first-order chi connectivity index (χ1) is 7.56. The zero-order valence-electron chi connectivity index (χ0n) is 8.61. The molecule has 86 valence electrons. The van der Waals surface area contributed by atoms with Crippen molar-refractivity contribution in [1.29, 1.82) is 0 Å². The lowest BCUT2D eigenvalue weighted by atomic mass is 10.3. The monoisotopic (exact) mass is 241 g/mol. The lowest BCUT2D eigenvalue weighted by molar-refractivity contribution is 0.579. The van der Waals surface area contributed by atoms with Gasteiger partial charge in [0.1, 0.15) is 5.82 Å². The van der Waals surface area contributed by atoms with Crippen molar-refractivity contribution in [2.24, 2.45) is 0 Å². The highest BCUT2D eigenvalue weighted by Crippen LogP contribution is 2.09. The smallest absolute Gasteiger partial charge is 0.211 e. The van der Waals surface area contributed by atoms with E-state index >= 15 is 0 Å². The summed E-state index contributed by atoms with van der Waals surface area (Å²) < 4.78 is 38.2. The molecule has 0 saturated carbocycles. The molecular weight excluding hydrogens is 229 g/mol. The fourth-order valence-corrected chi connectivity index (χ4v) is 2.17. The van der Waals surface area contributed by atoms with Crippen LogP contribution in [0.5, 0.6) is 0 Å². The summed E-state index contributed by atoms with van der Waals surface area (Å²) in [7, 11) is -3.54. The molecule has 0 spiro atoms. The minimum atomic E-state index is -3.54. The minimum absolute atomic E-state index is 0.0506. The molecule has 0 bridgehead atoms. The van der Waals surface area contributed by atoms with E-state index in [9.17, 15) is 12.8 Å². The SMILES string of the molecule is C#CCCCNS(=O)(=O)c1ccc(F)cc1. The second-order valence-corrected chi connectivity index (χ2v) is 4.93. The normalized spacial score (nSPS) is 11.0. The third kappa shape index (κ3) is 3.65. The van der Waals surface area contributed by atoms with E-state index in [0.29, 0.717) is 12.8 Å². The number of halogens is 1. The zero-order chi connectivity index (χ0) is 12.0. The molecule has 0 radical (unpaired) electrons. The van der Waals surface area contributed by atoms with Crippen LogP contribution in [0.2, 0.25) is 0 Å². The van der Waals surface area contributed by atoms with E-state index in [1.807, 2.05) is 0 Å². The maximum atomic E-state index is 12.6. The zero-order valence-corrected chi connectivity index (χ0v) is 9.43. The van der Waals surface area contributed by atoms with Gasteiger partial charge in [-0.25, -0.2) is 17.5 Å². The molecule has 16 heavy (non-hydrogen) atoms. The van der Waals surface area contributed by atoms with Gasteiger partial charge >= 0.3 is 0 Å². The first-order valence-corrected chi connectivity index (χ1v) is 6.23. The Morgan fingerprint density at radius 3 is 2.50 bits per heavy atom. The van der Waals surface area contributed by atoms with Crippen LogP contribution in [-0.4, -0.2) is 15.0 Å². The number of hydrogen-bond acceptors (Lipinski definition) is 2. The topological polar surface area (TPSA) is 46.2 Å². The predicted octanol–water partition coefficient (Wildman–Crippen LogP) is 1.52. The maximum Gasteiger partial charge on any atom is 0.240 e. The van der Waals surface area contributed by atoms with E-state index in [1.165, 1.54) is 12.1 Å². The third-order valence-electron chi connectivity index (χ3n) is 1.91. The molecule has 1 aromatic carbocycles. The van der Waals surface area contributed by atoms with Crippen LogP contribution in [0, 0.1) is 18.2 Å². The first-order valence-electron chi connectivity index (χ1n) is 4.75. The Hall–Kier alpha value is -1.38. The largest absolute Gasteiger partial charge is 0.240 e. The summed E-state index contributed by atoms with van der Waals surface area (Å²) in [5.41, 5.74) is 0. The molecule has 0 amide bonds. The van der Waals surface area contributed by atoms with Gasteiger partial charge in [-0.15, -0.1) is 12.3 Å². The number of benzene rings is 1. The molecule has 0 fully saturated rings. The van der Waals surface area contributed by atoms with Gasteiger partial charge in [-0.2, -0.15) is 0 Å². The summed E-state index contributed by atoms with van der Waals surface area (Å²) in [6.45, 7) is 0.282. The van der Waals surface area contributed by atoms with Crippen LogP contribution in [0.15, 0.2) is 29.2 Å². The van der Waals surface area contributed by atoms with Gasteiger partial charge in [0, 0.05) is 13.0 Å². The van der Waals surface area contributed by atoms with Gasteiger partial charge in [-0.1, -0.05) is 0 Å². The molecule has 0 aromatic heterocycles. The van der Waals surface area contributed by atoms with E-state index in [0.717, 1.165) is 12.1 Å². The Kier molecular flexibility index (Phi) is 4.47. The Labute approximate surface area is 94.7 Å². The summed E-state index contributed by atoms with van der Waals surface area (Å²) in [5.74, 6) is 1.95. The quantitative estimate of drug-likeness (QED) is 0.627. The minimum Gasteiger partial charge on any atom is -0.211 e. The van der Waals surface area contributed by atoms with Crippen LogP contribution in [0.1, 0.15) is 12.8 Å². The highest BCUT2D eigenvalue weighted by atomic mass is 32.2. The molecule has 0 aliphatic heterocycles. The highest BCUT2D eigenvalue weighted by Gasteiger charge is 2.12. The van der Waals surface area contributed by atoms with E-state index in [2.05, 4.69) is 10.6 Å². The molecule has 0 aliphatic rings. The average Bonchev–Trinajstić information content (AvgIpc) is 2.25. The molecule has 0 heterocycles. The fourth-order valence-electron chi connectivity index (χ4n) is 1.09. The first kappa shape index (κ1) is 12.7. The van der Waals surface area contributed by atoms with Crippen molar-refractivity contribution < 1.29 is 12.8 Å². The van der Waals surface area contributed by atoms with Crippen LogP contribution in [0.4, 0.5) is 4.39 Å². The molecule has 1 rings (SSSR count). The van der Waals surface area contributed by atoms with Crippen LogP contribution >= 0.6 is 0 Å². The van der Waals surface area contributed by atoms with Gasteiger partial charge < -0.3 is 0 Å². The summed E-state index contributed by atoms with van der Waals surface area (Å²) in [5, 5.41) is 0. The van der Waals surface area contributed by atoms with Crippen molar-refractivity contribution >= 4 is 10.0 Å². The number of terminal acetylenes is 1. The van der Waals surface area contributed by atoms with Gasteiger partial charge in [-0.3, -0.25) is 0 Å². The summed E-state index contributed by atoms with van der Waals surface area (Å²) in [6.07, 6.45) is 6.14. The van der Waals surface area contributed by atoms with Crippen LogP contribution in [0.3, 0.4) is 0 Å². The molecule has 0 unspecified atom stereocenters. The van der Waals surface area contributed by atoms with Gasteiger partial charge in [0.15, 0.2) is 0 Å². The fraction of sp³-hybridized carbons (Fsp3) is 0.273. The van der Waals surface area contributed by atoms with Gasteiger partial charge in [0.25, 0.3) is 0 Å². The number of rotatable bonds is 5. The van der Waals surface area contributed by atoms with Crippen molar-refractivity contribution in [3.8, 4) is 12.3 Å². The molecular formula is C11H12FNO2S. The van der Waals surface area contributed by atoms with E-state index < -0.39 is 15.8 Å². The van der Waals surface area contributed by atoms with Gasteiger partial charge in [0.05, 0.1) is 4.90 Å². The van der Waals surface area contributed by atoms with E-state index in [-0.39, 0.29) is 11.4 Å². The summed E-state index contributed by atoms with van der Waals surface area (Å²) >= 11 is 0. The molecule has 0 atom stereocenters. The van der Waals surface area contributed by atoms with Gasteiger partial charge in [0.2, 0.25) is 10.0 Å². The summed E-state index contributed by atoms with van der Waals surface area (Å²) in [6, 6.07) is 4.66. The van der Waals surface area contributed by atoms with E-state index in [1.54, 1.807) is 0 Å². The highest BCUT2D eigenvalue weighted by molar-refractivity contribution is 7.89. The van der Waals surface area contributed by atoms with E-state index in [4.69, 9.17) is 6.42 Å². The lowest BCUT2D eigenvalue weighted by Crippen LogP contribution is -2.24. The van der Waals surface area contributed by atoms with Crippen molar-refractivity contribution in [3.63, 3.8) is 0 Å². The molecule has 1 N–H and O–H groups in total. The Balaban J connectivity index is 2.64. The van der Waals surface area contributed by atoms with Crippen molar-refractivity contribution in [2.75, 3.05) is 6.54 Å². The third-order valence-corrected chi connectivity index (χ3v) is 3.39. The predicted molar refractivity (Wildman–Crippen MR) is 59.7 cm³/mol. The number of sulfonamides is 1. The van der Waals surface area contributed by atoms with Gasteiger partial charge in [-0.05, 0) is 30.7 Å². The van der Waals surface area contributed by atoms with Crippen molar-refractivity contribution in [3.05, 3.63) is 30.1 Å². The molecule has 0 aliphatic carbocycles. The Morgan fingerprint density at radius 1 is 1.31 bits per heavy atom. The van der Waals surface area contributed by atoms with Crippen molar-refractivity contribution in [2.45, 2.75) is 17.7 Å². The second-order valence-electron chi connectivity index (χ2n) is 3.16. The molecule has 1 aromatic rings. The van der Waals surface area contributed by atoms with Crippen LogP contribution in [-0.2, 0) is 10.0 Å². The Morgan fingerprint density at radius 2 is 1.94 bits per heavy atom. The number of unbranched alkanes of at least 4 members (excludes halogenated alkanes) is 1. The van der Waals surface area contributed by atoms with Crippen LogP contribution in [0.25, 0.3) is 0 Å². The second kappa shape index (κ2) is 5.64. The Bertz CT molecular complexity index is 474. The van der Waals surface area contributed by atoms with Crippen molar-refractivity contribution in [1.82, 2.24) is 4.72 Å². The molecule has 0 saturated heterocycles.